The number of aromatic nitrogens is 4. The van der Waals surface area contributed by atoms with E-state index < -0.39 is 0 Å². The minimum absolute atomic E-state index is 0.283. The second-order valence-corrected chi connectivity index (χ2v) is 6.45. The van der Waals surface area contributed by atoms with Gasteiger partial charge in [0.2, 0.25) is 5.13 Å². The normalized spacial score (nSPS) is 10.8. The molecular weight excluding hydrogens is 309 g/mol. The van der Waals surface area contributed by atoms with Gasteiger partial charge in [0, 0.05) is 25.1 Å². The lowest BCUT2D eigenvalue weighted by Gasteiger charge is -2.00. The van der Waals surface area contributed by atoms with Crippen LogP contribution in [0.25, 0.3) is 0 Å². The first-order valence-corrected chi connectivity index (χ1v) is 7.96. The van der Waals surface area contributed by atoms with Crippen LogP contribution < -0.4 is 5.32 Å². The van der Waals surface area contributed by atoms with Crippen molar-refractivity contribution in [2.45, 2.75) is 10.1 Å². The number of anilines is 2. The first-order chi connectivity index (χ1) is 10.2. The van der Waals surface area contributed by atoms with Crippen LogP contribution in [0.15, 0.2) is 41.0 Å². The van der Waals surface area contributed by atoms with Crippen molar-refractivity contribution in [1.82, 2.24) is 19.7 Å². The molecule has 3 rings (SSSR count). The zero-order valence-corrected chi connectivity index (χ0v) is 12.8. The predicted octanol–water partition coefficient (Wildman–Crippen LogP) is 3.45. The van der Waals surface area contributed by atoms with Gasteiger partial charge >= 0.3 is 0 Å². The van der Waals surface area contributed by atoms with E-state index in [2.05, 4.69) is 20.5 Å². The third-order valence-electron chi connectivity index (χ3n) is 2.73. The largest absolute Gasteiger partial charge is 0.337 e. The molecule has 0 fully saturated rings. The summed E-state index contributed by atoms with van der Waals surface area (Å²) < 4.78 is 15.9. The highest BCUT2D eigenvalue weighted by atomic mass is 32.2. The van der Waals surface area contributed by atoms with Gasteiger partial charge in [0.15, 0.2) is 4.34 Å². The number of imidazole rings is 1. The van der Waals surface area contributed by atoms with E-state index in [1.54, 1.807) is 30.1 Å². The topological polar surface area (TPSA) is 55.6 Å². The number of thioether (sulfide) groups is 1. The second kappa shape index (κ2) is 6.23. The van der Waals surface area contributed by atoms with Crippen LogP contribution in [0.5, 0.6) is 0 Å². The van der Waals surface area contributed by atoms with Crippen molar-refractivity contribution in [2.75, 3.05) is 5.32 Å². The second-order valence-electron chi connectivity index (χ2n) is 4.25. The molecule has 0 saturated carbocycles. The van der Waals surface area contributed by atoms with E-state index in [1.807, 2.05) is 17.8 Å². The molecule has 1 aromatic carbocycles. The van der Waals surface area contributed by atoms with Gasteiger partial charge < -0.3 is 9.88 Å². The molecule has 2 aromatic heterocycles. The van der Waals surface area contributed by atoms with E-state index in [9.17, 15) is 4.39 Å². The van der Waals surface area contributed by atoms with E-state index in [1.165, 1.54) is 23.5 Å². The summed E-state index contributed by atoms with van der Waals surface area (Å²) in [5, 5.41) is 11.8. The fourth-order valence-corrected chi connectivity index (χ4v) is 3.45. The van der Waals surface area contributed by atoms with Crippen molar-refractivity contribution in [3.8, 4) is 0 Å². The maximum Gasteiger partial charge on any atom is 0.210 e. The molecule has 0 unspecified atom stereocenters. The zero-order valence-electron chi connectivity index (χ0n) is 11.2. The third-order valence-corrected chi connectivity index (χ3v) is 4.70. The molecule has 108 valence electrons. The third kappa shape index (κ3) is 3.59. The number of nitrogens with zero attached hydrogens (tertiary/aromatic N) is 4. The van der Waals surface area contributed by atoms with Crippen molar-refractivity contribution in [2.24, 2.45) is 7.05 Å². The lowest BCUT2D eigenvalue weighted by atomic mass is 10.3. The summed E-state index contributed by atoms with van der Waals surface area (Å²) in [6.45, 7) is 0. The highest BCUT2D eigenvalue weighted by Crippen LogP contribution is 2.29. The molecule has 8 heteroatoms. The molecule has 3 aromatic rings. The molecule has 0 aliphatic carbocycles. The number of hydrogen-bond acceptors (Lipinski definition) is 6. The van der Waals surface area contributed by atoms with E-state index >= 15 is 0 Å². The maximum atomic E-state index is 13.1. The number of nitrogens with one attached hydrogen (secondary N) is 1. The molecule has 0 aliphatic heterocycles. The summed E-state index contributed by atoms with van der Waals surface area (Å²) in [6.07, 6.45) is 3.68. The average molecular weight is 321 g/mol. The maximum absolute atomic E-state index is 13.1. The Balaban J connectivity index is 1.62. The van der Waals surface area contributed by atoms with Crippen molar-refractivity contribution in [3.63, 3.8) is 0 Å². The fourth-order valence-electron chi connectivity index (χ4n) is 1.67. The van der Waals surface area contributed by atoms with Gasteiger partial charge in [-0.25, -0.2) is 9.37 Å². The SMILES string of the molecule is Cn1ccnc1CSc1nnc(Nc2cccc(F)c2)s1. The van der Waals surface area contributed by atoms with Crippen LogP contribution >= 0.6 is 23.1 Å². The molecule has 0 atom stereocenters. The van der Waals surface area contributed by atoms with Gasteiger partial charge in [-0.05, 0) is 18.2 Å². The molecule has 0 amide bonds. The first-order valence-electron chi connectivity index (χ1n) is 6.16. The van der Waals surface area contributed by atoms with Gasteiger partial charge in [-0.2, -0.15) is 0 Å². The minimum Gasteiger partial charge on any atom is -0.337 e. The Morgan fingerprint density at radius 3 is 3.05 bits per heavy atom. The first kappa shape index (κ1) is 14.0. The Hall–Kier alpha value is -1.93. The molecule has 0 aliphatic rings. The quantitative estimate of drug-likeness (QED) is 0.730. The van der Waals surface area contributed by atoms with Gasteiger partial charge in [0.05, 0.1) is 5.75 Å². The van der Waals surface area contributed by atoms with Crippen LogP contribution in [0, 0.1) is 5.82 Å². The molecule has 1 N–H and O–H groups in total. The summed E-state index contributed by atoms with van der Waals surface area (Å²) in [7, 11) is 1.96. The molecular formula is C13H12FN5S2. The molecule has 0 bridgehead atoms. The zero-order chi connectivity index (χ0) is 14.7. The van der Waals surface area contributed by atoms with E-state index in [-0.39, 0.29) is 5.82 Å². The van der Waals surface area contributed by atoms with Crippen LogP contribution in [0.1, 0.15) is 5.82 Å². The number of benzene rings is 1. The summed E-state index contributed by atoms with van der Waals surface area (Å²) in [5.41, 5.74) is 0.659. The Labute approximate surface area is 129 Å². The Morgan fingerprint density at radius 2 is 2.29 bits per heavy atom. The van der Waals surface area contributed by atoms with Crippen molar-refractivity contribution in [3.05, 3.63) is 48.3 Å². The van der Waals surface area contributed by atoms with Crippen molar-refractivity contribution in [1.29, 1.82) is 0 Å². The van der Waals surface area contributed by atoms with Crippen LogP contribution in [-0.4, -0.2) is 19.7 Å². The Kier molecular flexibility index (Phi) is 4.16. The predicted molar refractivity (Wildman–Crippen MR) is 82.4 cm³/mol. The van der Waals surface area contributed by atoms with Gasteiger partial charge in [-0.1, -0.05) is 29.2 Å². The van der Waals surface area contributed by atoms with Crippen molar-refractivity contribution >= 4 is 33.9 Å². The fraction of sp³-hybridized carbons (Fsp3) is 0.154. The van der Waals surface area contributed by atoms with Crippen LogP contribution in [-0.2, 0) is 12.8 Å². The monoisotopic (exact) mass is 321 g/mol. The minimum atomic E-state index is -0.283. The number of rotatable bonds is 5. The van der Waals surface area contributed by atoms with Crippen LogP contribution in [0.4, 0.5) is 15.2 Å². The number of hydrogen-bond donors (Lipinski definition) is 1. The molecule has 5 nitrogen and oxygen atoms in total. The van der Waals surface area contributed by atoms with E-state index in [0.29, 0.717) is 10.8 Å². The summed E-state index contributed by atoms with van der Waals surface area (Å²) in [5.74, 6) is 1.43. The van der Waals surface area contributed by atoms with Gasteiger partial charge in [-0.3, -0.25) is 0 Å². The highest BCUT2D eigenvalue weighted by molar-refractivity contribution is 8.00. The Bertz CT molecular complexity index is 740. The molecule has 2 heterocycles. The molecule has 21 heavy (non-hydrogen) atoms. The summed E-state index contributed by atoms with van der Waals surface area (Å²) >= 11 is 3.01. The Morgan fingerprint density at radius 1 is 1.38 bits per heavy atom. The molecule has 0 saturated heterocycles. The smallest absolute Gasteiger partial charge is 0.210 e. The van der Waals surface area contributed by atoms with Gasteiger partial charge in [0.25, 0.3) is 0 Å². The number of halogens is 1. The lowest BCUT2D eigenvalue weighted by molar-refractivity contribution is 0.628. The molecule has 0 radical (unpaired) electrons. The molecule has 0 spiro atoms. The van der Waals surface area contributed by atoms with Gasteiger partial charge in [-0.15, -0.1) is 10.2 Å². The average Bonchev–Trinajstić information content (AvgIpc) is 3.06. The summed E-state index contributed by atoms with van der Waals surface area (Å²) in [4.78, 5) is 4.26. The lowest BCUT2D eigenvalue weighted by Crippen LogP contribution is -1.93. The summed E-state index contributed by atoms with van der Waals surface area (Å²) in [6, 6.07) is 6.25. The highest BCUT2D eigenvalue weighted by Gasteiger charge is 2.07. The van der Waals surface area contributed by atoms with Crippen molar-refractivity contribution < 1.29 is 4.39 Å². The standard InChI is InChI=1S/C13H12FN5S2/c1-19-6-5-15-11(19)8-20-13-18-17-12(21-13)16-10-4-2-3-9(14)7-10/h2-7H,8H2,1H3,(H,16,17). The van der Waals surface area contributed by atoms with Crippen LogP contribution in [0.3, 0.4) is 0 Å². The van der Waals surface area contributed by atoms with E-state index in [0.717, 1.165) is 15.9 Å². The number of aryl methyl sites for hydroxylation is 1. The van der Waals surface area contributed by atoms with Gasteiger partial charge in [0.1, 0.15) is 11.6 Å². The van der Waals surface area contributed by atoms with E-state index in [4.69, 9.17) is 0 Å². The van der Waals surface area contributed by atoms with Crippen LogP contribution in [0.2, 0.25) is 0 Å².